The summed E-state index contributed by atoms with van der Waals surface area (Å²) in [6.07, 6.45) is -3.13. The van der Waals surface area contributed by atoms with Crippen molar-refractivity contribution in [1.29, 1.82) is 0 Å². The van der Waals surface area contributed by atoms with Crippen molar-refractivity contribution in [2.45, 2.75) is 31.8 Å². The molecule has 2 rings (SSSR count). The molecule has 2 atom stereocenters. The Kier molecular flexibility index (Phi) is 7.53. The zero-order valence-corrected chi connectivity index (χ0v) is 14.1. The van der Waals surface area contributed by atoms with Gasteiger partial charge in [0.1, 0.15) is 18.5 Å². The first-order valence-corrected chi connectivity index (χ1v) is 8.20. The van der Waals surface area contributed by atoms with Gasteiger partial charge in [0, 0.05) is 6.54 Å². The Balaban J connectivity index is 1.76. The minimum absolute atomic E-state index is 0.0482. The van der Waals surface area contributed by atoms with Gasteiger partial charge in [-0.15, -0.1) is 0 Å². The summed E-state index contributed by atoms with van der Waals surface area (Å²) in [5, 5.41) is 31.7. The van der Waals surface area contributed by atoms with Gasteiger partial charge < -0.3 is 25.4 Å². The summed E-state index contributed by atoms with van der Waals surface area (Å²) in [7, 11) is 0. The summed E-state index contributed by atoms with van der Waals surface area (Å²) < 4.78 is 18.5. The number of carbonyl (C=O) groups excluding carboxylic acids is 1. The fourth-order valence-corrected chi connectivity index (χ4v) is 2.41. The molecule has 2 aromatic rings. The molecular weight excluding hydrogens is 341 g/mol. The van der Waals surface area contributed by atoms with Crippen molar-refractivity contribution in [2.75, 3.05) is 6.54 Å². The molecule has 7 heteroatoms. The van der Waals surface area contributed by atoms with E-state index in [4.69, 9.17) is 9.84 Å². The lowest BCUT2D eigenvalue weighted by atomic mass is 10.00. The monoisotopic (exact) mass is 363 g/mol. The van der Waals surface area contributed by atoms with Crippen LogP contribution in [0.2, 0.25) is 0 Å². The highest BCUT2D eigenvalue weighted by Gasteiger charge is 2.19. The molecule has 1 amide bonds. The highest BCUT2D eigenvalue weighted by atomic mass is 19.1. The summed E-state index contributed by atoms with van der Waals surface area (Å²) in [6, 6.07) is 12.8. The van der Waals surface area contributed by atoms with Gasteiger partial charge in [-0.25, -0.2) is 9.18 Å². The third kappa shape index (κ3) is 6.11. The number of amides is 1. The molecule has 0 aliphatic heterocycles. The SMILES string of the molecule is O=C(NCCC(O)C(O)c1cc(F)cc(CO)c1)OCc1ccccc1. The minimum Gasteiger partial charge on any atom is -0.445 e. The first kappa shape index (κ1) is 19.8. The Labute approximate surface area is 150 Å². The van der Waals surface area contributed by atoms with Gasteiger partial charge in [-0.2, -0.15) is 0 Å². The largest absolute Gasteiger partial charge is 0.445 e. The van der Waals surface area contributed by atoms with E-state index in [1.807, 2.05) is 30.3 Å². The van der Waals surface area contributed by atoms with Crippen LogP contribution in [0.1, 0.15) is 29.2 Å². The van der Waals surface area contributed by atoms with Gasteiger partial charge in [0.05, 0.1) is 12.7 Å². The van der Waals surface area contributed by atoms with Gasteiger partial charge in [0.2, 0.25) is 0 Å². The van der Waals surface area contributed by atoms with Crippen LogP contribution >= 0.6 is 0 Å². The van der Waals surface area contributed by atoms with E-state index in [0.29, 0.717) is 5.56 Å². The van der Waals surface area contributed by atoms with E-state index in [1.165, 1.54) is 6.07 Å². The molecule has 4 N–H and O–H groups in total. The Hall–Kier alpha value is -2.48. The van der Waals surface area contributed by atoms with E-state index in [-0.39, 0.29) is 31.7 Å². The summed E-state index contributed by atoms with van der Waals surface area (Å²) in [5.41, 5.74) is 1.31. The summed E-state index contributed by atoms with van der Waals surface area (Å²) in [4.78, 5) is 11.6. The molecule has 0 aromatic heterocycles. The van der Waals surface area contributed by atoms with Gasteiger partial charge in [-0.1, -0.05) is 36.4 Å². The van der Waals surface area contributed by atoms with Gasteiger partial charge in [0.25, 0.3) is 0 Å². The normalized spacial score (nSPS) is 13.1. The van der Waals surface area contributed by atoms with Crippen LogP contribution in [0.4, 0.5) is 9.18 Å². The Morgan fingerprint density at radius 2 is 1.85 bits per heavy atom. The van der Waals surface area contributed by atoms with Crippen molar-refractivity contribution in [3.63, 3.8) is 0 Å². The number of rotatable bonds is 8. The number of aliphatic hydroxyl groups excluding tert-OH is 3. The molecule has 2 unspecified atom stereocenters. The average Bonchev–Trinajstić information content (AvgIpc) is 2.65. The molecule has 0 heterocycles. The topological polar surface area (TPSA) is 99.0 Å². The molecule has 0 saturated heterocycles. The lowest BCUT2D eigenvalue weighted by molar-refractivity contribution is 0.0134. The third-order valence-electron chi connectivity index (χ3n) is 3.79. The minimum atomic E-state index is -1.34. The van der Waals surface area contributed by atoms with Crippen molar-refractivity contribution in [3.05, 3.63) is 71.0 Å². The number of hydrogen-bond donors (Lipinski definition) is 4. The number of benzene rings is 2. The highest BCUT2D eigenvalue weighted by Crippen LogP contribution is 2.21. The number of carbonyl (C=O) groups is 1. The predicted octanol–water partition coefficient (Wildman–Crippen LogP) is 2.03. The quantitative estimate of drug-likeness (QED) is 0.575. The summed E-state index contributed by atoms with van der Waals surface area (Å²) in [6.45, 7) is -0.165. The molecule has 0 aliphatic carbocycles. The van der Waals surface area contributed by atoms with Crippen LogP contribution in [0.3, 0.4) is 0 Å². The van der Waals surface area contributed by atoms with Gasteiger partial charge in [0.15, 0.2) is 0 Å². The predicted molar refractivity (Wildman–Crippen MR) is 92.5 cm³/mol. The van der Waals surface area contributed by atoms with E-state index < -0.39 is 24.1 Å². The van der Waals surface area contributed by atoms with Crippen LogP contribution in [0.25, 0.3) is 0 Å². The molecule has 0 spiro atoms. The average molecular weight is 363 g/mol. The number of alkyl carbamates (subject to hydrolysis) is 1. The van der Waals surface area contributed by atoms with Crippen LogP contribution < -0.4 is 5.32 Å². The van der Waals surface area contributed by atoms with Crippen molar-refractivity contribution in [1.82, 2.24) is 5.32 Å². The molecule has 0 saturated carbocycles. The summed E-state index contributed by atoms with van der Waals surface area (Å²) >= 11 is 0. The zero-order valence-electron chi connectivity index (χ0n) is 14.1. The number of aliphatic hydroxyl groups is 3. The van der Waals surface area contributed by atoms with E-state index in [1.54, 1.807) is 0 Å². The van der Waals surface area contributed by atoms with E-state index in [0.717, 1.165) is 17.7 Å². The van der Waals surface area contributed by atoms with Crippen LogP contribution in [0, 0.1) is 5.82 Å². The molecular formula is C19H22FNO5. The van der Waals surface area contributed by atoms with Crippen LogP contribution in [0.5, 0.6) is 0 Å². The van der Waals surface area contributed by atoms with Gasteiger partial charge in [-0.3, -0.25) is 0 Å². The zero-order chi connectivity index (χ0) is 18.9. The van der Waals surface area contributed by atoms with Crippen molar-refractivity contribution in [3.8, 4) is 0 Å². The number of halogens is 1. The van der Waals surface area contributed by atoms with Crippen LogP contribution in [-0.2, 0) is 18.0 Å². The molecule has 0 bridgehead atoms. The summed E-state index contributed by atoms with van der Waals surface area (Å²) in [5.74, 6) is -0.611. The Morgan fingerprint density at radius 1 is 1.12 bits per heavy atom. The molecule has 6 nitrogen and oxygen atoms in total. The first-order chi connectivity index (χ1) is 12.5. The highest BCUT2D eigenvalue weighted by molar-refractivity contribution is 5.67. The van der Waals surface area contributed by atoms with Crippen LogP contribution in [0.15, 0.2) is 48.5 Å². The Bertz CT molecular complexity index is 710. The molecule has 26 heavy (non-hydrogen) atoms. The first-order valence-electron chi connectivity index (χ1n) is 8.20. The van der Waals surface area contributed by atoms with Crippen molar-refractivity contribution < 1.29 is 29.2 Å². The molecule has 0 radical (unpaired) electrons. The fourth-order valence-electron chi connectivity index (χ4n) is 2.41. The molecule has 140 valence electrons. The number of nitrogens with one attached hydrogen (secondary N) is 1. The lowest BCUT2D eigenvalue weighted by Crippen LogP contribution is -2.29. The maximum absolute atomic E-state index is 13.4. The number of hydrogen-bond acceptors (Lipinski definition) is 5. The van der Waals surface area contributed by atoms with Crippen molar-refractivity contribution in [2.24, 2.45) is 0 Å². The van der Waals surface area contributed by atoms with Crippen molar-refractivity contribution >= 4 is 6.09 Å². The maximum atomic E-state index is 13.4. The second kappa shape index (κ2) is 9.86. The molecule has 2 aromatic carbocycles. The maximum Gasteiger partial charge on any atom is 0.407 e. The van der Waals surface area contributed by atoms with E-state index in [9.17, 15) is 19.4 Å². The second-order valence-corrected chi connectivity index (χ2v) is 5.84. The lowest BCUT2D eigenvalue weighted by Gasteiger charge is -2.19. The molecule has 0 fully saturated rings. The fraction of sp³-hybridized carbons (Fsp3) is 0.316. The van der Waals surface area contributed by atoms with Crippen LogP contribution in [-0.4, -0.2) is 34.1 Å². The number of ether oxygens (including phenoxy) is 1. The third-order valence-corrected chi connectivity index (χ3v) is 3.79. The van der Waals surface area contributed by atoms with Gasteiger partial charge >= 0.3 is 6.09 Å². The standard InChI is InChI=1S/C19H22FNO5/c20-16-9-14(11-22)8-15(10-16)18(24)17(23)6-7-21-19(25)26-12-13-4-2-1-3-5-13/h1-5,8-10,17-18,22-24H,6-7,11-12H2,(H,21,25). The smallest absolute Gasteiger partial charge is 0.407 e. The van der Waals surface area contributed by atoms with E-state index >= 15 is 0 Å². The van der Waals surface area contributed by atoms with E-state index in [2.05, 4.69) is 5.32 Å². The Morgan fingerprint density at radius 3 is 2.54 bits per heavy atom. The molecule has 0 aliphatic rings. The van der Waals surface area contributed by atoms with Gasteiger partial charge in [-0.05, 0) is 35.2 Å². The second-order valence-electron chi connectivity index (χ2n) is 5.84.